The Hall–Kier alpha value is -3.28. The Balaban J connectivity index is 0.000000207. The van der Waals surface area contributed by atoms with E-state index in [9.17, 15) is 0 Å². The summed E-state index contributed by atoms with van der Waals surface area (Å²) in [5.74, 6) is 0. The summed E-state index contributed by atoms with van der Waals surface area (Å²) in [4.78, 5) is 0. The molecule has 0 saturated heterocycles. The number of allylic oxidation sites excluding steroid dienone is 3. The second kappa shape index (κ2) is 15.3. The Labute approximate surface area is 250 Å². The molecule has 0 atom stereocenters. The maximum Gasteiger partial charge on any atom is 2.00 e. The number of aryl methyl sites for hydroxylation is 2. The molecule has 0 heterocycles. The maximum atomic E-state index is 3.46. The van der Waals surface area contributed by atoms with Crippen LogP contribution in [0.4, 0.5) is 0 Å². The molecule has 0 aliphatic carbocycles. The van der Waals surface area contributed by atoms with Crippen LogP contribution in [-0.2, 0) is 21.7 Å². The molecule has 6 rings (SSSR count). The summed E-state index contributed by atoms with van der Waals surface area (Å²) < 4.78 is 0. The molecular weight excluding hydrogens is 523 g/mol. The SMILES string of the molecule is C=C/C=C/C.Cc1ccc(C)c2[cH-]ccc12.[Ti+2].c1ccc(P(c2ccccc2)c2cc3ccccc3[cH-]2)cc1. The number of benzene rings is 4. The van der Waals surface area contributed by atoms with Crippen LogP contribution in [0.15, 0.2) is 152 Å². The Kier molecular flexibility index (Phi) is 11.9. The smallest absolute Gasteiger partial charge is 0.168 e. The van der Waals surface area contributed by atoms with Crippen LogP contribution in [0.25, 0.3) is 21.5 Å². The molecule has 0 amide bonds. The van der Waals surface area contributed by atoms with Crippen molar-refractivity contribution in [3.8, 4) is 0 Å². The summed E-state index contributed by atoms with van der Waals surface area (Å²) in [5, 5.41) is 9.68. The van der Waals surface area contributed by atoms with E-state index in [0.29, 0.717) is 0 Å². The van der Waals surface area contributed by atoms with Crippen molar-refractivity contribution in [1.29, 1.82) is 0 Å². The van der Waals surface area contributed by atoms with E-state index in [-0.39, 0.29) is 21.7 Å². The molecule has 0 radical (unpaired) electrons. The first-order chi connectivity index (χ1) is 18.6. The predicted octanol–water partition coefficient (Wildman–Crippen LogP) is 9.24. The quantitative estimate of drug-likeness (QED) is 0.0876. The normalized spacial score (nSPS) is 10.5. The van der Waals surface area contributed by atoms with E-state index in [1.165, 1.54) is 48.6 Å². The van der Waals surface area contributed by atoms with Crippen molar-refractivity contribution in [1.82, 2.24) is 0 Å². The van der Waals surface area contributed by atoms with Crippen molar-refractivity contribution in [3.05, 3.63) is 163 Å². The Morgan fingerprint density at radius 1 is 0.718 bits per heavy atom. The van der Waals surface area contributed by atoms with E-state index >= 15 is 0 Å². The van der Waals surface area contributed by atoms with Crippen LogP contribution >= 0.6 is 7.92 Å². The molecule has 6 aromatic carbocycles. The van der Waals surface area contributed by atoms with Gasteiger partial charge in [0, 0.05) is 0 Å². The van der Waals surface area contributed by atoms with E-state index in [2.05, 4.69) is 148 Å². The van der Waals surface area contributed by atoms with Gasteiger partial charge in [0.1, 0.15) is 0 Å². The zero-order valence-corrected chi connectivity index (χ0v) is 25.5. The van der Waals surface area contributed by atoms with Gasteiger partial charge < -0.3 is 0 Å². The molecule has 0 bridgehead atoms. The van der Waals surface area contributed by atoms with Crippen LogP contribution < -0.4 is 15.9 Å². The fourth-order valence-corrected chi connectivity index (χ4v) is 6.91. The molecule has 192 valence electrons. The first kappa shape index (κ1) is 30.3. The summed E-state index contributed by atoms with van der Waals surface area (Å²) in [7, 11) is -0.493. The van der Waals surface area contributed by atoms with E-state index < -0.39 is 7.92 Å². The van der Waals surface area contributed by atoms with Gasteiger partial charge in [-0.3, -0.25) is 0 Å². The predicted molar refractivity (Wildman–Crippen MR) is 172 cm³/mol. The van der Waals surface area contributed by atoms with E-state index in [0.717, 1.165) is 0 Å². The molecule has 0 fully saturated rings. The fraction of sp³-hybridized carbons (Fsp3) is 0.0811. The third-order valence-electron chi connectivity index (χ3n) is 6.47. The van der Waals surface area contributed by atoms with Crippen molar-refractivity contribution < 1.29 is 21.7 Å². The van der Waals surface area contributed by atoms with Gasteiger partial charge in [-0.15, -0.1) is 68.8 Å². The molecule has 0 aromatic heterocycles. The number of rotatable bonds is 4. The van der Waals surface area contributed by atoms with Crippen molar-refractivity contribution >= 4 is 45.4 Å². The van der Waals surface area contributed by atoms with Gasteiger partial charge in [0.2, 0.25) is 0 Å². The molecule has 0 aliphatic heterocycles. The maximum absolute atomic E-state index is 3.46. The number of fused-ring (bicyclic) bond motifs is 2. The van der Waals surface area contributed by atoms with E-state index in [4.69, 9.17) is 0 Å². The minimum Gasteiger partial charge on any atom is -0.168 e. The van der Waals surface area contributed by atoms with Crippen LogP contribution in [-0.4, -0.2) is 0 Å². The third kappa shape index (κ3) is 7.87. The summed E-state index contributed by atoms with van der Waals surface area (Å²) >= 11 is 0. The first-order valence-corrected chi connectivity index (χ1v) is 14.4. The van der Waals surface area contributed by atoms with Gasteiger partial charge >= 0.3 is 21.7 Å². The summed E-state index contributed by atoms with van der Waals surface area (Å²) in [6.45, 7) is 9.73. The van der Waals surface area contributed by atoms with Crippen LogP contribution in [0.3, 0.4) is 0 Å². The van der Waals surface area contributed by atoms with Crippen LogP contribution in [0.1, 0.15) is 18.1 Å². The molecule has 0 spiro atoms. The molecule has 0 aliphatic rings. The van der Waals surface area contributed by atoms with Crippen LogP contribution in [0.2, 0.25) is 0 Å². The topological polar surface area (TPSA) is 0 Å². The van der Waals surface area contributed by atoms with E-state index in [1.54, 1.807) is 6.08 Å². The standard InChI is InChI=1S/C21H16P.C11H11.C5H8.Ti/c1-3-11-19(12-4-1)22(20-13-5-2-6-14-20)21-15-17-9-7-8-10-18(17)16-21;1-8-6-7-9(2)11-5-3-4-10(8)11;1-3-5-4-2;/h1-16H;3-7H,1-2H3;3-5H,1H2,2H3;/q2*-1;;+2/b;;5-4+;. The zero-order valence-electron chi connectivity index (χ0n) is 23.0. The van der Waals surface area contributed by atoms with Crippen molar-refractivity contribution in [3.63, 3.8) is 0 Å². The molecule has 6 aromatic rings. The van der Waals surface area contributed by atoms with Gasteiger partial charge in [-0.1, -0.05) is 110 Å². The largest absolute Gasteiger partial charge is 2.00 e. The molecule has 39 heavy (non-hydrogen) atoms. The Morgan fingerprint density at radius 2 is 1.31 bits per heavy atom. The molecule has 0 unspecified atom stereocenters. The molecule has 0 saturated carbocycles. The average Bonchev–Trinajstić information content (AvgIpc) is 3.62. The second-order valence-electron chi connectivity index (χ2n) is 9.16. The minimum absolute atomic E-state index is 0. The fourth-order valence-electron chi connectivity index (χ4n) is 4.54. The van der Waals surface area contributed by atoms with Crippen molar-refractivity contribution in [2.75, 3.05) is 0 Å². The van der Waals surface area contributed by atoms with Crippen LogP contribution in [0.5, 0.6) is 0 Å². The van der Waals surface area contributed by atoms with Gasteiger partial charge in [-0.2, -0.15) is 18.2 Å². The van der Waals surface area contributed by atoms with Crippen molar-refractivity contribution in [2.45, 2.75) is 20.8 Å². The third-order valence-corrected chi connectivity index (χ3v) is 8.87. The number of hydrogen-bond donors (Lipinski definition) is 0. The van der Waals surface area contributed by atoms with Gasteiger partial charge in [-0.25, -0.2) is 0 Å². The summed E-state index contributed by atoms with van der Waals surface area (Å²) in [6.07, 6.45) is 5.58. The first-order valence-electron chi connectivity index (χ1n) is 13.0. The molecule has 0 N–H and O–H groups in total. The van der Waals surface area contributed by atoms with E-state index in [1.807, 2.05) is 19.1 Å². The van der Waals surface area contributed by atoms with Crippen molar-refractivity contribution in [2.24, 2.45) is 0 Å². The monoisotopic (exact) mass is 558 g/mol. The number of hydrogen-bond acceptors (Lipinski definition) is 0. The summed E-state index contributed by atoms with van der Waals surface area (Å²) in [6, 6.07) is 45.8. The van der Waals surface area contributed by atoms with Crippen LogP contribution in [0, 0.1) is 13.8 Å². The zero-order chi connectivity index (χ0) is 26.7. The Bertz CT molecular complexity index is 1490. The Morgan fingerprint density at radius 3 is 1.85 bits per heavy atom. The van der Waals surface area contributed by atoms with Gasteiger partial charge in [0.25, 0.3) is 0 Å². The van der Waals surface area contributed by atoms with Gasteiger partial charge in [0.05, 0.1) is 0 Å². The molecule has 0 nitrogen and oxygen atoms in total. The second-order valence-corrected chi connectivity index (χ2v) is 11.4. The van der Waals surface area contributed by atoms with Gasteiger partial charge in [0.15, 0.2) is 0 Å². The van der Waals surface area contributed by atoms with Gasteiger partial charge in [-0.05, 0) is 32.4 Å². The molecule has 2 heteroatoms. The minimum atomic E-state index is -0.493. The summed E-state index contributed by atoms with van der Waals surface area (Å²) in [5.41, 5.74) is 2.74. The average molecular weight is 559 g/mol. The molecular formula is C37H35PTi.